The molecule has 0 saturated carbocycles. The fraction of sp³-hybridized carbons (Fsp3) is 0.903. The molecule has 1 N–H and O–H groups in total. The van der Waals surface area contributed by atoms with Crippen molar-refractivity contribution in [3.63, 3.8) is 0 Å². The highest BCUT2D eigenvalue weighted by molar-refractivity contribution is 7.47. The SMILES string of the molecule is CCCCCCC/C=C\CCCCCCCCOCC(COP(=O)(O)OCC[N+](C)(C)C)OC(=O)CCCCC. The van der Waals surface area contributed by atoms with Crippen LogP contribution in [0.1, 0.15) is 123 Å². The van der Waals surface area contributed by atoms with Gasteiger partial charge >= 0.3 is 13.8 Å². The first-order chi connectivity index (χ1) is 19.1. The molecule has 2 atom stereocenters. The van der Waals surface area contributed by atoms with E-state index in [4.69, 9.17) is 18.5 Å². The maximum atomic E-state index is 12.3. The highest BCUT2D eigenvalue weighted by atomic mass is 31.2. The molecule has 0 spiro atoms. The van der Waals surface area contributed by atoms with Crippen LogP contribution in [-0.4, -0.2) is 75.6 Å². The van der Waals surface area contributed by atoms with Crippen molar-refractivity contribution in [1.82, 2.24) is 0 Å². The van der Waals surface area contributed by atoms with Gasteiger partial charge in [-0.2, -0.15) is 0 Å². The summed E-state index contributed by atoms with van der Waals surface area (Å²) in [5, 5.41) is 0. The zero-order chi connectivity index (χ0) is 30.0. The second kappa shape index (κ2) is 25.9. The van der Waals surface area contributed by atoms with Gasteiger partial charge in [0.25, 0.3) is 0 Å². The molecule has 2 unspecified atom stereocenters. The minimum Gasteiger partial charge on any atom is -0.457 e. The topological polar surface area (TPSA) is 91.3 Å². The first-order valence-corrected chi connectivity index (χ1v) is 17.4. The van der Waals surface area contributed by atoms with Gasteiger partial charge in [0.15, 0.2) is 0 Å². The van der Waals surface area contributed by atoms with Crippen LogP contribution in [0.15, 0.2) is 12.2 Å². The molecule has 0 saturated heterocycles. The molecule has 0 aliphatic carbocycles. The molecule has 0 aromatic rings. The van der Waals surface area contributed by atoms with Gasteiger partial charge in [-0.25, -0.2) is 4.57 Å². The third-order valence-corrected chi connectivity index (χ3v) is 7.56. The van der Waals surface area contributed by atoms with Crippen molar-refractivity contribution in [1.29, 1.82) is 0 Å². The Morgan fingerprint density at radius 2 is 1.30 bits per heavy atom. The number of likely N-dealkylation sites (N-methyl/N-ethyl adjacent to an activating group) is 1. The third kappa shape index (κ3) is 28.8. The Bertz CT molecular complexity index is 667. The van der Waals surface area contributed by atoms with Crippen LogP contribution >= 0.6 is 7.82 Å². The summed E-state index contributed by atoms with van der Waals surface area (Å²) in [5.41, 5.74) is 0. The number of nitrogens with zero attached hydrogens (tertiary/aromatic N) is 1. The van der Waals surface area contributed by atoms with E-state index in [-0.39, 0.29) is 25.8 Å². The number of phosphoric ester groups is 1. The van der Waals surface area contributed by atoms with E-state index in [9.17, 15) is 14.3 Å². The lowest BCUT2D eigenvalue weighted by atomic mass is 10.1. The Hall–Kier alpha value is -0.760. The second-order valence-electron chi connectivity index (χ2n) is 11.8. The summed E-state index contributed by atoms with van der Waals surface area (Å²) in [5.74, 6) is -0.341. The Labute approximate surface area is 246 Å². The number of ether oxygens (including phenoxy) is 2. The van der Waals surface area contributed by atoms with E-state index < -0.39 is 13.9 Å². The minimum absolute atomic E-state index is 0.0884. The largest absolute Gasteiger partial charge is 0.472 e. The standard InChI is InChI=1S/C31H62NO7P/c1-6-8-10-11-12-13-14-15-16-17-18-19-20-21-23-26-36-28-30(39-31(33)24-22-9-7-2)29-38-40(34,35)37-27-25-32(3,4)5/h14-15,30H,6-13,16-29H2,1-5H3/p+1/b15-14-. The highest BCUT2D eigenvalue weighted by Crippen LogP contribution is 2.43. The molecule has 0 radical (unpaired) electrons. The molecule has 0 rings (SSSR count). The number of hydrogen-bond donors (Lipinski definition) is 1. The maximum Gasteiger partial charge on any atom is 0.472 e. The lowest BCUT2D eigenvalue weighted by molar-refractivity contribution is -0.870. The number of esters is 1. The smallest absolute Gasteiger partial charge is 0.457 e. The molecule has 0 amide bonds. The molecule has 0 fully saturated rings. The van der Waals surface area contributed by atoms with Crippen molar-refractivity contribution < 1.29 is 37.3 Å². The third-order valence-electron chi connectivity index (χ3n) is 6.58. The van der Waals surface area contributed by atoms with Crippen molar-refractivity contribution in [2.24, 2.45) is 0 Å². The normalized spacial score (nSPS) is 14.4. The maximum absolute atomic E-state index is 12.3. The molecule has 0 bridgehead atoms. The number of quaternary nitrogens is 1. The van der Waals surface area contributed by atoms with Crippen LogP contribution in [0.3, 0.4) is 0 Å². The van der Waals surface area contributed by atoms with Crippen molar-refractivity contribution >= 4 is 13.8 Å². The first kappa shape index (κ1) is 39.2. The average Bonchev–Trinajstić information content (AvgIpc) is 2.88. The fourth-order valence-corrected chi connectivity index (χ4v) is 4.76. The van der Waals surface area contributed by atoms with Gasteiger partial charge < -0.3 is 18.9 Å². The zero-order valence-corrected chi connectivity index (χ0v) is 27.5. The molecular formula is C31H63NO7P+. The number of unbranched alkanes of at least 4 members (excludes halogenated alkanes) is 13. The van der Waals surface area contributed by atoms with Crippen LogP contribution in [0.2, 0.25) is 0 Å². The highest BCUT2D eigenvalue weighted by Gasteiger charge is 2.26. The number of carbonyl (C=O) groups is 1. The van der Waals surface area contributed by atoms with Crippen LogP contribution in [0.5, 0.6) is 0 Å². The van der Waals surface area contributed by atoms with E-state index >= 15 is 0 Å². The van der Waals surface area contributed by atoms with Gasteiger partial charge in [0, 0.05) is 13.0 Å². The van der Waals surface area contributed by atoms with E-state index in [1.165, 1.54) is 70.6 Å². The summed E-state index contributed by atoms with van der Waals surface area (Å²) >= 11 is 0. The Balaban J connectivity index is 4.11. The molecule has 0 aliphatic rings. The van der Waals surface area contributed by atoms with Gasteiger partial charge in [-0.1, -0.05) is 90.2 Å². The molecule has 0 aromatic heterocycles. The van der Waals surface area contributed by atoms with Crippen LogP contribution in [-0.2, 0) is 27.9 Å². The predicted molar refractivity (Wildman–Crippen MR) is 164 cm³/mol. The lowest BCUT2D eigenvalue weighted by Gasteiger charge is -2.24. The van der Waals surface area contributed by atoms with Crippen LogP contribution < -0.4 is 0 Å². The predicted octanol–water partition coefficient (Wildman–Crippen LogP) is 7.98. The lowest BCUT2D eigenvalue weighted by Crippen LogP contribution is -2.37. The first-order valence-electron chi connectivity index (χ1n) is 15.9. The van der Waals surface area contributed by atoms with Gasteiger partial charge in [-0.15, -0.1) is 0 Å². The molecule has 40 heavy (non-hydrogen) atoms. The number of carbonyl (C=O) groups excluding carboxylic acids is 1. The van der Waals surface area contributed by atoms with Crippen molar-refractivity contribution in [2.75, 3.05) is 54.1 Å². The molecule has 0 heterocycles. The Kier molecular flexibility index (Phi) is 25.4. The quantitative estimate of drug-likeness (QED) is 0.0309. The Morgan fingerprint density at radius 1 is 0.750 bits per heavy atom. The summed E-state index contributed by atoms with van der Waals surface area (Å²) < 4.78 is 34.3. The van der Waals surface area contributed by atoms with E-state index in [1.807, 2.05) is 21.1 Å². The van der Waals surface area contributed by atoms with E-state index in [0.717, 1.165) is 32.1 Å². The monoisotopic (exact) mass is 592 g/mol. The molecule has 238 valence electrons. The number of phosphoric acid groups is 1. The molecule has 0 aromatic carbocycles. The summed E-state index contributed by atoms with van der Waals surface area (Å²) in [7, 11) is 1.66. The van der Waals surface area contributed by atoms with Gasteiger partial charge in [0.1, 0.15) is 19.3 Å². The van der Waals surface area contributed by atoms with Gasteiger partial charge in [0.05, 0.1) is 34.4 Å². The van der Waals surface area contributed by atoms with Crippen LogP contribution in [0, 0.1) is 0 Å². The summed E-state index contributed by atoms with van der Waals surface area (Å²) in [6, 6.07) is 0. The Morgan fingerprint density at radius 3 is 1.90 bits per heavy atom. The van der Waals surface area contributed by atoms with Crippen LogP contribution in [0.25, 0.3) is 0 Å². The number of allylic oxidation sites excluding steroid dienone is 2. The van der Waals surface area contributed by atoms with Crippen molar-refractivity contribution in [2.45, 2.75) is 129 Å². The minimum atomic E-state index is -4.24. The van der Waals surface area contributed by atoms with Crippen molar-refractivity contribution in [3.8, 4) is 0 Å². The molecule has 0 aliphatic heterocycles. The summed E-state index contributed by atoms with van der Waals surface area (Å²) in [6.07, 6.45) is 23.1. The van der Waals surface area contributed by atoms with E-state index in [1.54, 1.807) is 0 Å². The second-order valence-corrected chi connectivity index (χ2v) is 13.3. The van der Waals surface area contributed by atoms with E-state index in [0.29, 0.717) is 24.1 Å². The van der Waals surface area contributed by atoms with Gasteiger partial charge in [-0.3, -0.25) is 13.8 Å². The molecular weight excluding hydrogens is 529 g/mol. The molecule has 9 heteroatoms. The number of hydrogen-bond acceptors (Lipinski definition) is 6. The number of rotatable bonds is 29. The van der Waals surface area contributed by atoms with E-state index in [2.05, 4.69) is 26.0 Å². The summed E-state index contributed by atoms with van der Waals surface area (Å²) in [4.78, 5) is 22.2. The average molecular weight is 593 g/mol. The fourth-order valence-electron chi connectivity index (χ4n) is 4.01. The van der Waals surface area contributed by atoms with Crippen molar-refractivity contribution in [3.05, 3.63) is 12.2 Å². The van der Waals surface area contributed by atoms with Gasteiger partial charge in [-0.05, 0) is 38.5 Å². The van der Waals surface area contributed by atoms with Gasteiger partial charge in [0.2, 0.25) is 0 Å². The summed E-state index contributed by atoms with van der Waals surface area (Å²) in [6.45, 7) is 5.41. The van der Waals surface area contributed by atoms with Crippen LogP contribution in [0.4, 0.5) is 0 Å². The molecule has 8 nitrogen and oxygen atoms in total. The zero-order valence-electron chi connectivity index (χ0n) is 26.6.